The molecule has 0 bridgehead atoms. The average molecular weight is 830 g/mol. The number of anilines is 6. The second-order valence-electron chi connectivity index (χ2n) is 17.3. The molecule has 0 saturated heterocycles. The van der Waals surface area contributed by atoms with Crippen LogP contribution in [-0.2, 0) is 12.5 Å². The molecule has 1 spiro atoms. The second kappa shape index (κ2) is 14.6. The van der Waals surface area contributed by atoms with Crippen LogP contribution in [0.4, 0.5) is 34.1 Å². The summed E-state index contributed by atoms with van der Waals surface area (Å²) in [4.78, 5) is 4.84. The number of rotatable bonds is 7. The number of fused-ring (bicyclic) bond motifs is 13. The summed E-state index contributed by atoms with van der Waals surface area (Å²) in [6, 6.07) is 89.5. The van der Waals surface area contributed by atoms with Gasteiger partial charge in [0.25, 0.3) is 0 Å². The van der Waals surface area contributed by atoms with Gasteiger partial charge in [0.1, 0.15) is 0 Å². The lowest BCUT2D eigenvalue weighted by Crippen LogP contribution is -2.26. The largest absolute Gasteiger partial charge is 0.344 e. The summed E-state index contributed by atoms with van der Waals surface area (Å²) in [6.45, 7) is 0. The number of nitrogens with zero attached hydrogens (tertiary/aromatic N) is 3. The maximum atomic E-state index is 2.50. The molecule has 65 heavy (non-hydrogen) atoms. The summed E-state index contributed by atoms with van der Waals surface area (Å²) >= 11 is 0. The Morgan fingerprint density at radius 1 is 0.292 bits per heavy atom. The van der Waals surface area contributed by atoms with Crippen molar-refractivity contribution in [3.8, 4) is 33.4 Å². The molecule has 306 valence electrons. The Balaban J connectivity index is 1.06. The third kappa shape index (κ3) is 5.55. The van der Waals surface area contributed by atoms with Gasteiger partial charge < -0.3 is 14.4 Å². The Kier molecular flexibility index (Phi) is 8.34. The van der Waals surface area contributed by atoms with Gasteiger partial charge in [-0.25, -0.2) is 0 Å². The second-order valence-corrected chi connectivity index (χ2v) is 17.3. The van der Waals surface area contributed by atoms with Crippen molar-refractivity contribution in [1.29, 1.82) is 0 Å². The fraction of sp³-hybridized carbons (Fsp3) is 0.0323. The van der Waals surface area contributed by atoms with Crippen molar-refractivity contribution in [2.45, 2.75) is 5.41 Å². The first-order valence-corrected chi connectivity index (χ1v) is 22.5. The Hall–Kier alpha value is -8.40. The van der Waals surface area contributed by atoms with E-state index in [2.05, 4.69) is 264 Å². The van der Waals surface area contributed by atoms with E-state index in [4.69, 9.17) is 0 Å². The minimum Gasteiger partial charge on any atom is -0.344 e. The third-order valence-electron chi connectivity index (χ3n) is 14.0. The summed E-state index contributed by atoms with van der Waals surface area (Å²) in [6.07, 6.45) is 0. The summed E-state index contributed by atoms with van der Waals surface area (Å²) in [5.41, 5.74) is 21.3. The molecular formula is C62H43N3. The van der Waals surface area contributed by atoms with Crippen molar-refractivity contribution in [3.05, 3.63) is 265 Å². The fourth-order valence-electron chi connectivity index (χ4n) is 11.2. The van der Waals surface area contributed by atoms with Crippen LogP contribution in [0.3, 0.4) is 0 Å². The maximum absolute atomic E-state index is 2.50. The molecule has 2 aliphatic rings. The molecule has 3 nitrogen and oxygen atoms in total. The average Bonchev–Trinajstić information content (AvgIpc) is 3.95. The van der Waals surface area contributed by atoms with E-state index < -0.39 is 5.41 Å². The molecule has 1 unspecified atom stereocenters. The van der Waals surface area contributed by atoms with Crippen molar-refractivity contribution in [2.24, 2.45) is 7.05 Å². The van der Waals surface area contributed by atoms with Crippen LogP contribution >= 0.6 is 0 Å². The van der Waals surface area contributed by atoms with Crippen LogP contribution < -0.4 is 9.80 Å². The molecule has 0 N–H and O–H groups in total. The zero-order chi connectivity index (χ0) is 43.1. The van der Waals surface area contributed by atoms with Gasteiger partial charge in [-0.05, 0) is 141 Å². The van der Waals surface area contributed by atoms with Crippen molar-refractivity contribution in [2.75, 3.05) is 9.80 Å². The summed E-state index contributed by atoms with van der Waals surface area (Å²) in [5, 5.41) is 2.49. The van der Waals surface area contributed by atoms with Gasteiger partial charge in [-0.3, -0.25) is 0 Å². The standard InChI is InChI=1S/C62H43N3/c1-63-60-28-16-13-25-54(60)55-39-47(35-38-61(55)63)65(46-31-29-43(30-32-46)42-17-5-2-6-18-42)49-34-37-53-51-24-12-15-27-57(51)62(59(53)41-49)56-26-14-11-23-50(56)52-36-33-48(40-58(52)62)64(44-19-7-3-8-20-44)45-21-9-4-10-22-45/h2-41H,1H3. The SMILES string of the molecule is Cn1c2ccccc2c2cc(N(c3ccc(-c4ccccc4)cc3)c3ccc4c(c3)C3(c5ccccc5-c5ccc(N(c6ccccc6)c6ccccc6)cc53)c3ccccc3-4)ccc21. The molecule has 0 saturated carbocycles. The molecule has 3 heteroatoms. The quantitative estimate of drug-likeness (QED) is 0.159. The Bertz CT molecular complexity index is 3560. The van der Waals surface area contributed by atoms with E-state index in [0.29, 0.717) is 0 Å². The molecule has 0 amide bonds. The number of aryl methyl sites for hydroxylation is 1. The number of hydrogen-bond acceptors (Lipinski definition) is 2. The molecule has 11 aromatic rings. The smallest absolute Gasteiger partial charge is 0.0727 e. The minimum absolute atomic E-state index is 0.564. The molecule has 0 aliphatic heterocycles. The van der Waals surface area contributed by atoms with Crippen LogP contribution in [0, 0.1) is 0 Å². The highest BCUT2D eigenvalue weighted by molar-refractivity contribution is 6.09. The van der Waals surface area contributed by atoms with E-state index in [-0.39, 0.29) is 0 Å². The molecule has 1 atom stereocenters. The lowest BCUT2D eigenvalue weighted by Gasteiger charge is -2.33. The highest BCUT2D eigenvalue weighted by Crippen LogP contribution is 2.64. The zero-order valence-electron chi connectivity index (χ0n) is 35.9. The van der Waals surface area contributed by atoms with E-state index in [1.54, 1.807) is 0 Å². The normalized spacial score (nSPS) is 14.3. The Morgan fingerprint density at radius 3 is 1.29 bits per heavy atom. The molecule has 1 heterocycles. The number of aromatic nitrogens is 1. The monoisotopic (exact) mass is 829 g/mol. The highest BCUT2D eigenvalue weighted by Gasteiger charge is 2.52. The highest BCUT2D eigenvalue weighted by atomic mass is 15.1. The first kappa shape index (κ1) is 37.2. The summed E-state index contributed by atoms with van der Waals surface area (Å²) in [5.74, 6) is 0. The van der Waals surface area contributed by atoms with Crippen molar-refractivity contribution in [1.82, 2.24) is 4.57 Å². The maximum Gasteiger partial charge on any atom is 0.0727 e. The van der Waals surface area contributed by atoms with Crippen molar-refractivity contribution in [3.63, 3.8) is 0 Å². The van der Waals surface area contributed by atoms with Crippen molar-refractivity contribution < 1.29 is 0 Å². The van der Waals surface area contributed by atoms with E-state index in [1.807, 2.05) is 0 Å². The summed E-state index contributed by atoms with van der Waals surface area (Å²) in [7, 11) is 2.17. The predicted molar refractivity (Wildman–Crippen MR) is 272 cm³/mol. The summed E-state index contributed by atoms with van der Waals surface area (Å²) < 4.78 is 2.31. The number of para-hydroxylation sites is 3. The van der Waals surface area contributed by atoms with Gasteiger partial charge >= 0.3 is 0 Å². The van der Waals surface area contributed by atoms with E-state index in [1.165, 1.54) is 77.4 Å². The van der Waals surface area contributed by atoms with Crippen LogP contribution in [0.15, 0.2) is 243 Å². The van der Waals surface area contributed by atoms with Crippen LogP contribution in [0.1, 0.15) is 22.3 Å². The molecule has 0 radical (unpaired) electrons. The van der Waals surface area contributed by atoms with Gasteiger partial charge in [0.05, 0.1) is 5.41 Å². The zero-order valence-corrected chi connectivity index (χ0v) is 35.9. The molecule has 2 aliphatic carbocycles. The molecular weight excluding hydrogens is 787 g/mol. The Morgan fingerprint density at radius 2 is 0.692 bits per heavy atom. The minimum atomic E-state index is -0.564. The Labute approximate surface area is 379 Å². The van der Waals surface area contributed by atoms with Gasteiger partial charge in [0.2, 0.25) is 0 Å². The van der Waals surface area contributed by atoms with Crippen LogP contribution in [0.5, 0.6) is 0 Å². The van der Waals surface area contributed by atoms with Crippen LogP contribution in [-0.4, -0.2) is 4.57 Å². The van der Waals surface area contributed by atoms with Gasteiger partial charge in [0.15, 0.2) is 0 Å². The van der Waals surface area contributed by atoms with E-state index >= 15 is 0 Å². The molecule has 10 aromatic carbocycles. The third-order valence-corrected chi connectivity index (χ3v) is 14.0. The number of hydrogen-bond donors (Lipinski definition) is 0. The van der Waals surface area contributed by atoms with Gasteiger partial charge in [-0.1, -0.05) is 158 Å². The molecule has 1 aromatic heterocycles. The molecule has 13 rings (SSSR count). The first-order valence-electron chi connectivity index (χ1n) is 22.5. The van der Waals surface area contributed by atoms with Gasteiger partial charge in [-0.15, -0.1) is 0 Å². The lowest BCUT2D eigenvalue weighted by atomic mass is 9.70. The lowest BCUT2D eigenvalue weighted by molar-refractivity contribution is 0.793. The van der Waals surface area contributed by atoms with E-state index in [0.717, 1.165) is 34.1 Å². The van der Waals surface area contributed by atoms with E-state index in [9.17, 15) is 0 Å². The van der Waals surface area contributed by atoms with Gasteiger partial charge in [-0.2, -0.15) is 0 Å². The topological polar surface area (TPSA) is 11.4 Å². The molecule has 0 fully saturated rings. The fourth-order valence-corrected chi connectivity index (χ4v) is 11.2. The number of benzene rings is 10. The predicted octanol–water partition coefficient (Wildman–Crippen LogP) is 16.3. The van der Waals surface area contributed by atoms with Crippen LogP contribution in [0.25, 0.3) is 55.2 Å². The van der Waals surface area contributed by atoms with Gasteiger partial charge in [0, 0.05) is 63.0 Å². The van der Waals surface area contributed by atoms with Crippen molar-refractivity contribution >= 4 is 55.9 Å². The van der Waals surface area contributed by atoms with Crippen LogP contribution in [0.2, 0.25) is 0 Å². The first-order chi connectivity index (χ1) is 32.2.